The molecule has 0 amide bonds. The van der Waals surface area contributed by atoms with Gasteiger partial charge < -0.3 is 10.0 Å². The molecule has 1 aromatic carbocycles. The Balaban J connectivity index is 2.20. The van der Waals surface area contributed by atoms with Crippen LogP contribution in [-0.4, -0.2) is 23.1 Å². The SMILES string of the molecule is Cc1nc(CN(C)c2cc(F)cc(/C=C/C(=O)O)c2)cs1. The predicted octanol–water partition coefficient (Wildman–Crippen LogP) is 3.32. The Labute approximate surface area is 126 Å². The van der Waals surface area contributed by atoms with E-state index in [1.54, 1.807) is 17.4 Å². The van der Waals surface area contributed by atoms with Gasteiger partial charge in [-0.1, -0.05) is 0 Å². The number of hydrogen-bond donors (Lipinski definition) is 1. The van der Waals surface area contributed by atoms with Crippen LogP contribution in [0, 0.1) is 12.7 Å². The lowest BCUT2D eigenvalue weighted by molar-refractivity contribution is -0.131. The molecule has 1 aromatic heterocycles. The van der Waals surface area contributed by atoms with Crippen LogP contribution in [0.3, 0.4) is 0 Å². The minimum Gasteiger partial charge on any atom is -0.478 e. The zero-order chi connectivity index (χ0) is 15.4. The van der Waals surface area contributed by atoms with Gasteiger partial charge in [0, 0.05) is 24.2 Å². The number of carboxylic acid groups (broad SMARTS) is 1. The second-order valence-electron chi connectivity index (χ2n) is 4.63. The first-order valence-electron chi connectivity index (χ1n) is 6.28. The number of nitrogens with zero attached hydrogens (tertiary/aromatic N) is 2. The summed E-state index contributed by atoms with van der Waals surface area (Å²) in [6, 6.07) is 4.45. The van der Waals surface area contributed by atoms with E-state index in [0.29, 0.717) is 17.8 Å². The molecule has 110 valence electrons. The monoisotopic (exact) mass is 306 g/mol. The zero-order valence-electron chi connectivity index (χ0n) is 11.7. The van der Waals surface area contributed by atoms with Gasteiger partial charge in [0.25, 0.3) is 0 Å². The Morgan fingerprint density at radius 2 is 2.24 bits per heavy atom. The number of halogens is 1. The molecule has 0 radical (unpaired) electrons. The molecule has 0 bridgehead atoms. The molecular formula is C15H15FN2O2S. The Hall–Kier alpha value is -2.21. The maximum atomic E-state index is 13.6. The van der Waals surface area contributed by atoms with Crippen LogP contribution in [0.2, 0.25) is 0 Å². The van der Waals surface area contributed by atoms with Gasteiger partial charge in [-0.2, -0.15) is 0 Å². The number of hydrogen-bond acceptors (Lipinski definition) is 4. The molecule has 0 aliphatic rings. The highest BCUT2D eigenvalue weighted by Gasteiger charge is 2.07. The third kappa shape index (κ3) is 4.39. The van der Waals surface area contributed by atoms with Crippen molar-refractivity contribution in [2.45, 2.75) is 13.5 Å². The first-order chi connectivity index (χ1) is 9.94. The van der Waals surface area contributed by atoms with Crippen LogP contribution in [0.1, 0.15) is 16.3 Å². The number of carbonyl (C=O) groups is 1. The van der Waals surface area contributed by atoms with Crippen molar-refractivity contribution < 1.29 is 14.3 Å². The fourth-order valence-electron chi connectivity index (χ4n) is 1.90. The fourth-order valence-corrected chi connectivity index (χ4v) is 2.50. The molecule has 0 spiro atoms. The highest BCUT2D eigenvalue weighted by Crippen LogP contribution is 2.21. The van der Waals surface area contributed by atoms with Gasteiger partial charge in [-0.25, -0.2) is 14.2 Å². The van der Waals surface area contributed by atoms with Gasteiger partial charge in [-0.3, -0.25) is 0 Å². The van der Waals surface area contributed by atoms with Crippen molar-refractivity contribution in [3.63, 3.8) is 0 Å². The lowest BCUT2D eigenvalue weighted by atomic mass is 10.1. The van der Waals surface area contributed by atoms with E-state index in [9.17, 15) is 9.18 Å². The van der Waals surface area contributed by atoms with Crippen LogP contribution in [0.5, 0.6) is 0 Å². The van der Waals surface area contributed by atoms with Crippen LogP contribution in [-0.2, 0) is 11.3 Å². The minimum atomic E-state index is -1.06. The van der Waals surface area contributed by atoms with E-state index in [1.807, 2.05) is 24.3 Å². The Morgan fingerprint density at radius 3 is 2.86 bits per heavy atom. The summed E-state index contributed by atoms with van der Waals surface area (Å²) in [4.78, 5) is 16.8. The van der Waals surface area contributed by atoms with Crippen LogP contribution in [0.15, 0.2) is 29.7 Å². The van der Waals surface area contributed by atoms with E-state index >= 15 is 0 Å². The Bertz CT molecular complexity index is 682. The second-order valence-corrected chi connectivity index (χ2v) is 5.69. The van der Waals surface area contributed by atoms with Gasteiger partial charge in [0.2, 0.25) is 0 Å². The maximum Gasteiger partial charge on any atom is 0.328 e. The number of thiazole rings is 1. The van der Waals surface area contributed by atoms with Crippen molar-refractivity contribution in [3.8, 4) is 0 Å². The molecule has 0 unspecified atom stereocenters. The van der Waals surface area contributed by atoms with Crippen LogP contribution < -0.4 is 4.90 Å². The van der Waals surface area contributed by atoms with Crippen molar-refractivity contribution in [3.05, 3.63) is 51.7 Å². The van der Waals surface area contributed by atoms with Crippen molar-refractivity contribution >= 4 is 29.1 Å². The molecule has 1 heterocycles. The lowest BCUT2D eigenvalue weighted by Crippen LogP contribution is -2.16. The third-order valence-corrected chi connectivity index (χ3v) is 3.65. The summed E-state index contributed by atoms with van der Waals surface area (Å²) in [7, 11) is 1.84. The highest BCUT2D eigenvalue weighted by atomic mass is 32.1. The van der Waals surface area contributed by atoms with E-state index in [1.165, 1.54) is 18.2 Å². The lowest BCUT2D eigenvalue weighted by Gasteiger charge is -2.18. The molecular weight excluding hydrogens is 291 g/mol. The van der Waals surface area contributed by atoms with Gasteiger partial charge in [0.1, 0.15) is 5.82 Å². The molecule has 2 rings (SSSR count). The highest BCUT2D eigenvalue weighted by molar-refractivity contribution is 7.09. The molecule has 0 aliphatic heterocycles. The normalized spacial score (nSPS) is 11.0. The Kier molecular flexibility index (Phi) is 4.70. The predicted molar refractivity (Wildman–Crippen MR) is 82.0 cm³/mol. The second kappa shape index (κ2) is 6.49. The summed E-state index contributed by atoms with van der Waals surface area (Å²) in [6.07, 6.45) is 2.36. The summed E-state index contributed by atoms with van der Waals surface area (Å²) in [5.74, 6) is -1.47. The molecule has 0 atom stereocenters. The summed E-state index contributed by atoms with van der Waals surface area (Å²) < 4.78 is 13.6. The first kappa shape index (κ1) is 15.2. The van der Waals surface area contributed by atoms with Crippen molar-refractivity contribution in [1.82, 2.24) is 4.98 Å². The molecule has 2 aromatic rings. The molecule has 6 heteroatoms. The number of rotatable bonds is 5. The first-order valence-corrected chi connectivity index (χ1v) is 7.16. The zero-order valence-corrected chi connectivity index (χ0v) is 12.5. The maximum absolute atomic E-state index is 13.6. The van der Waals surface area contributed by atoms with E-state index < -0.39 is 11.8 Å². The van der Waals surface area contributed by atoms with Gasteiger partial charge in [-0.15, -0.1) is 11.3 Å². The van der Waals surface area contributed by atoms with Gasteiger partial charge in [-0.05, 0) is 36.8 Å². The topological polar surface area (TPSA) is 53.4 Å². The summed E-state index contributed by atoms with van der Waals surface area (Å²) in [5.41, 5.74) is 2.10. The number of aliphatic carboxylic acids is 1. The van der Waals surface area contributed by atoms with E-state index in [-0.39, 0.29) is 0 Å². The largest absolute Gasteiger partial charge is 0.478 e. The number of aromatic nitrogens is 1. The van der Waals surface area contributed by atoms with Crippen LogP contribution in [0.25, 0.3) is 6.08 Å². The smallest absolute Gasteiger partial charge is 0.328 e. The Morgan fingerprint density at radius 1 is 1.48 bits per heavy atom. The number of carboxylic acids is 1. The molecule has 0 fully saturated rings. The van der Waals surface area contributed by atoms with Gasteiger partial charge in [0.15, 0.2) is 0 Å². The average Bonchev–Trinajstić information content (AvgIpc) is 2.81. The van der Waals surface area contributed by atoms with Crippen LogP contribution >= 0.6 is 11.3 Å². The average molecular weight is 306 g/mol. The fraction of sp³-hybridized carbons (Fsp3) is 0.200. The number of anilines is 1. The van der Waals surface area contributed by atoms with E-state index in [0.717, 1.165) is 16.8 Å². The molecule has 1 N–H and O–H groups in total. The summed E-state index contributed by atoms with van der Waals surface area (Å²) >= 11 is 1.57. The van der Waals surface area contributed by atoms with Gasteiger partial charge in [0.05, 0.1) is 17.2 Å². The number of benzene rings is 1. The van der Waals surface area contributed by atoms with E-state index in [4.69, 9.17) is 5.11 Å². The molecule has 0 saturated heterocycles. The molecule has 0 aliphatic carbocycles. The molecule has 0 saturated carbocycles. The molecule has 4 nitrogen and oxygen atoms in total. The van der Waals surface area contributed by atoms with Crippen LogP contribution in [0.4, 0.5) is 10.1 Å². The van der Waals surface area contributed by atoms with Crippen molar-refractivity contribution in [2.75, 3.05) is 11.9 Å². The van der Waals surface area contributed by atoms with Crippen molar-refractivity contribution in [2.24, 2.45) is 0 Å². The minimum absolute atomic E-state index is 0.404. The van der Waals surface area contributed by atoms with Crippen molar-refractivity contribution in [1.29, 1.82) is 0 Å². The quantitative estimate of drug-likeness (QED) is 0.861. The van der Waals surface area contributed by atoms with E-state index in [2.05, 4.69) is 4.98 Å². The summed E-state index contributed by atoms with van der Waals surface area (Å²) in [5, 5.41) is 11.6. The number of aryl methyl sites for hydroxylation is 1. The standard InChI is InChI=1S/C15H15FN2O2S/c1-10-17-13(9-21-10)8-18(2)14-6-11(3-4-15(19)20)5-12(16)7-14/h3-7,9H,8H2,1-2H3,(H,19,20)/b4-3+. The summed E-state index contributed by atoms with van der Waals surface area (Å²) in [6.45, 7) is 2.50. The molecule has 21 heavy (non-hydrogen) atoms. The van der Waals surface area contributed by atoms with Gasteiger partial charge >= 0.3 is 5.97 Å². The third-order valence-electron chi connectivity index (χ3n) is 2.83.